The SMILES string of the molecule is CC/C=C\C/C=C\C/C=C\C/C=C\C/C=C\CCCC(=O)OC[C@@H](COC(=O)CCCCCCCCCCCCCC)OC(=O)CCCCCCC/C=C\CCCCCCCC. The second-order valence-electron chi connectivity index (χ2n) is 17.1. The number of allylic oxidation sites excluding steroid dienone is 12. The van der Waals surface area contributed by atoms with Crippen molar-refractivity contribution in [2.24, 2.45) is 0 Å². The highest BCUT2D eigenvalue weighted by Crippen LogP contribution is 2.14. The van der Waals surface area contributed by atoms with Gasteiger partial charge in [-0.25, -0.2) is 0 Å². The molecule has 62 heavy (non-hydrogen) atoms. The lowest BCUT2D eigenvalue weighted by Gasteiger charge is -2.18. The van der Waals surface area contributed by atoms with Crippen LogP contribution in [0.4, 0.5) is 0 Å². The van der Waals surface area contributed by atoms with Crippen molar-refractivity contribution in [3.63, 3.8) is 0 Å². The number of hydrogen-bond donors (Lipinski definition) is 0. The zero-order valence-corrected chi connectivity index (χ0v) is 40.6. The van der Waals surface area contributed by atoms with Gasteiger partial charge in [-0.15, -0.1) is 0 Å². The molecule has 6 nitrogen and oxygen atoms in total. The number of carbonyl (C=O) groups is 3. The quantitative estimate of drug-likeness (QED) is 0.0262. The molecule has 0 N–H and O–H groups in total. The lowest BCUT2D eigenvalue weighted by molar-refractivity contribution is -0.167. The average molecular weight is 865 g/mol. The van der Waals surface area contributed by atoms with Gasteiger partial charge in [0.2, 0.25) is 0 Å². The van der Waals surface area contributed by atoms with Crippen LogP contribution in [0.3, 0.4) is 0 Å². The summed E-state index contributed by atoms with van der Waals surface area (Å²) < 4.78 is 16.7. The lowest BCUT2D eigenvalue weighted by atomic mass is 10.0. The second kappa shape index (κ2) is 50.5. The van der Waals surface area contributed by atoms with E-state index in [9.17, 15) is 14.4 Å². The Bertz CT molecular complexity index is 1180. The summed E-state index contributed by atoms with van der Waals surface area (Å²) in [6, 6.07) is 0. The Morgan fingerprint density at radius 1 is 0.339 bits per heavy atom. The Morgan fingerprint density at radius 3 is 1.06 bits per heavy atom. The highest BCUT2D eigenvalue weighted by molar-refractivity contribution is 5.71. The van der Waals surface area contributed by atoms with Crippen LogP contribution in [0.1, 0.15) is 245 Å². The summed E-state index contributed by atoms with van der Waals surface area (Å²) in [5.74, 6) is -0.962. The van der Waals surface area contributed by atoms with Crippen LogP contribution in [0.5, 0.6) is 0 Å². The molecule has 0 fully saturated rings. The Hall–Kier alpha value is -3.15. The number of unbranched alkanes of at least 4 members (excludes halogenated alkanes) is 23. The molecular weight excluding hydrogens is 769 g/mol. The molecular formula is C56H96O6. The summed E-state index contributed by atoms with van der Waals surface area (Å²) in [5.41, 5.74) is 0. The molecule has 1 atom stereocenters. The first-order valence-electron chi connectivity index (χ1n) is 25.9. The summed E-state index contributed by atoms with van der Waals surface area (Å²) in [4.78, 5) is 37.9. The summed E-state index contributed by atoms with van der Waals surface area (Å²) in [7, 11) is 0. The predicted octanol–water partition coefficient (Wildman–Crippen LogP) is 17.0. The van der Waals surface area contributed by atoms with E-state index < -0.39 is 6.10 Å². The largest absolute Gasteiger partial charge is 0.462 e. The summed E-state index contributed by atoms with van der Waals surface area (Å²) in [6.07, 6.45) is 63.2. The van der Waals surface area contributed by atoms with Gasteiger partial charge in [-0.3, -0.25) is 14.4 Å². The van der Waals surface area contributed by atoms with Gasteiger partial charge < -0.3 is 14.2 Å². The van der Waals surface area contributed by atoms with Crippen LogP contribution in [0.2, 0.25) is 0 Å². The molecule has 0 aromatic heterocycles. The van der Waals surface area contributed by atoms with E-state index in [1.54, 1.807) is 0 Å². The number of carbonyl (C=O) groups excluding carboxylic acids is 3. The van der Waals surface area contributed by atoms with Gasteiger partial charge in [0, 0.05) is 19.3 Å². The van der Waals surface area contributed by atoms with Crippen molar-refractivity contribution in [3.05, 3.63) is 72.9 Å². The van der Waals surface area contributed by atoms with E-state index in [0.29, 0.717) is 19.3 Å². The maximum absolute atomic E-state index is 12.8. The van der Waals surface area contributed by atoms with Gasteiger partial charge >= 0.3 is 17.9 Å². The van der Waals surface area contributed by atoms with E-state index in [1.807, 2.05) is 0 Å². The van der Waals surface area contributed by atoms with Crippen molar-refractivity contribution in [1.82, 2.24) is 0 Å². The van der Waals surface area contributed by atoms with Gasteiger partial charge in [0.1, 0.15) is 13.2 Å². The van der Waals surface area contributed by atoms with Crippen LogP contribution in [0.25, 0.3) is 0 Å². The Morgan fingerprint density at radius 2 is 0.645 bits per heavy atom. The Kier molecular flexibility index (Phi) is 47.9. The van der Waals surface area contributed by atoms with Gasteiger partial charge in [0.15, 0.2) is 6.10 Å². The lowest BCUT2D eigenvalue weighted by Crippen LogP contribution is -2.30. The zero-order chi connectivity index (χ0) is 45.1. The van der Waals surface area contributed by atoms with Crippen molar-refractivity contribution in [1.29, 1.82) is 0 Å². The summed E-state index contributed by atoms with van der Waals surface area (Å²) in [6.45, 7) is 6.46. The smallest absolute Gasteiger partial charge is 0.306 e. The summed E-state index contributed by atoms with van der Waals surface area (Å²) in [5, 5.41) is 0. The van der Waals surface area contributed by atoms with Gasteiger partial charge in [-0.1, -0.05) is 216 Å². The first-order valence-corrected chi connectivity index (χ1v) is 25.9. The number of rotatable bonds is 46. The van der Waals surface area contributed by atoms with Crippen LogP contribution in [-0.2, 0) is 28.6 Å². The zero-order valence-electron chi connectivity index (χ0n) is 40.6. The molecule has 0 aliphatic heterocycles. The van der Waals surface area contributed by atoms with Gasteiger partial charge in [0.25, 0.3) is 0 Å². The molecule has 356 valence electrons. The van der Waals surface area contributed by atoms with Crippen molar-refractivity contribution in [3.8, 4) is 0 Å². The third-order valence-electron chi connectivity index (χ3n) is 10.9. The van der Waals surface area contributed by atoms with E-state index in [0.717, 1.165) is 89.9 Å². The van der Waals surface area contributed by atoms with Crippen molar-refractivity contribution < 1.29 is 28.6 Å². The van der Waals surface area contributed by atoms with Crippen molar-refractivity contribution in [2.45, 2.75) is 252 Å². The fourth-order valence-electron chi connectivity index (χ4n) is 7.06. The van der Waals surface area contributed by atoms with E-state index in [4.69, 9.17) is 14.2 Å². The highest BCUT2D eigenvalue weighted by Gasteiger charge is 2.19. The van der Waals surface area contributed by atoms with E-state index in [1.165, 1.54) is 109 Å². The number of esters is 3. The maximum Gasteiger partial charge on any atom is 0.306 e. The molecule has 0 aliphatic rings. The third-order valence-corrected chi connectivity index (χ3v) is 10.9. The molecule has 6 heteroatoms. The molecule has 0 amide bonds. The van der Waals surface area contributed by atoms with Gasteiger partial charge in [-0.05, 0) is 83.5 Å². The number of hydrogen-bond acceptors (Lipinski definition) is 6. The van der Waals surface area contributed by atoms with E-state index in [2.05, 4.69) is 93.7 Å². The monoisotopic (exact) mass is 865 g/mol. The summed E-state index contributed by atoms with van der Waals surface area (Å²) >= 11 is 0. The fraction of sp³-hybridized carbons (Fsp3) is 0.732. The molecule has 0 saturated heterocycles. The first-order chi connectivity index (χ1) is 30.5. The molecule has 0 aromatic rings. The molecule has 0 rings (SSSR count). The molecule has 0 bridgehead atoms. The van der Waals surface area contributed by atoms with Gasteiger partial charge in [0.05, 0.1) is 0 Å². The van der Waals surface area contributed by atoms with Crippen LogP contribution < -0.4 is 0 Å². The minimum atomic E-state index is -0.800. The molecule has 0 saturated carbocycles. The topological polar surface area (TPSA) is 78.9 Å². The van der Waals surface area contributed by atoms with Gasteiger partial charge in [-0.2, -0.15) is 0 Å². The standard InChI is InChI=1S/C56H96O6/c1-4-7-10-13-16-19-22-25-27-28-30-31-34-37-40-43-46-49-55(58)61-52-53(51-60-54(57)48-45-42-39-36-33-24-21-18-15-12-9-6-3)62-56(59)50-47-44-41-38-35-32-29-26-23-20-17-14-11-8-5-2/h7,10,16,19,25-27,29-31,37,40,53H,4-6,8-9,11-15,17-18,20-24,28,32-36,38-39,41-52H2,1-3H3/b10-7-,19-16-,27-25-,29-26-,31-30-,40-37-/t53-/m1/s1. The number of ether oxygens (including phenoxy) is 3. The predicted molar refractivity (Wildman–Crippen MR) is 265 cm³/mol. The average Bonchev–Trinajstić information content (AvgIpc) is 3.27. The molecule has 0 heterocycles. The normalized spacial score (nSPS) is 12.6. The van der Waals surface area contributed by atoms with Crippen LogP contribution >= 0.6 is 0 Å². The van der Waals surface area contributed by atoms with E-state index >= 15 is 0 Å². The maximum atomic E-state index is 12.8. The second-order valence-corrected chi connectivity index (χ2v) is 17.1. The molecule has 0 aliphatic carbocycles. The fourth-order valence-corrected chi connectivity index (χ4v) is 7.06. The molecule has 0 aromatic carbocycles. The van der Waals surface area contributed by atoms with Crippen molar-refractivity contribution in [2.75, 3.05) is 13.2 Å². The Balaban J connectivity index is 4.47. The van der Waals surface area contributed by atoms with E-state index in [-0.39, 0.29) is 37.5 Å². The van der Waals surface area contributed by atoms with Crippen LogP contribution in [0, 0.1) is 0 Å². The minimum absolute atomic E-state index is 0.0947. The van der Waals surface area contributed by atoms with Crippen LogP contribution in [-0.4, -0.2) is 37.2 Å². The highest BCUT2D eigenvalue weighted by atomic mass is 16.6. The third kappa shape index (κ3) is 47.9. The Labute approximate surface area is 382 Å². The van der Waals surface area contributed by atoms with Crippen molar-refractivity contribution >= 4 is 17.9 Å². The molecule has 0 radical (unpaired) electrons. The molecule has 0 unspecified atom stereocenters. The minimum Gasteiger partial charge on any atom is -0.462 e. The first kappa shape index (κ1) is 58.9. The molecule has 0 spiro atoms. The van der Waals surface area contributed by atoms with Crippen LogP contribution in [0.15, 0.2) is 72.9 Å².